The first kappa shape index (κ1) is 22.7. The number of aliphatic hydroxyl groups is 1. The highest BCUT2D eigenvalue weighted by molar-refractivity contribution is 5.91. The lowest BCUT2D eigenvalue weighted by Gasteiger charge is -2.49. The average molecular weight is 460 g/mol. The zero-order valence-electron chi connectivity index (χ0n) is 17.9. The van der Waals surface area contributed by atoms with E-state index in [0.29, 0.717) is 0 Å². The predicted molar refractivity (Wildman–Crippen MR) is 112 cm³/mol. The van der Waals surface area contributed by atoms with E-state index in [1.807, 2.05) is 6.07 Å². The SMILES string of the molecule is Cc1ncc2c(NC3c4ccc(C#N)c(O)c4C(C)(C)CC3(O)C(F)(F)F)ccc(F)c2n1. The number of rotatable bonds is 2. The van der Waals surface area contributed by atoms with Gasteiger partial charge in [-0.1, -0.05) is 19.9 Å². The number of anilines is 1. The van der Waals surface area contributed by atoms with Crippen molar-refractivity contribution in [1.82, 2.24) is 9.97 Å². The van der Waals surface area contributed by atoms with Crippen LogP contribution < -0.4 is 5.32 Å². The van der Waals surface area contributed by atoms with E-state index in [1.54, 1.807) is 6.92 Å². The summed E-state index contributed by atoms with van der Waals surface area (Å²) in [6, 6.07) is 4.85. The monoisotopic (exact) mass is 460 g/mol. The summed E-state index contributed by atoms with van der Waals surface area (Å²) in [5, 5.41) is 33.9. The molecule has 0 radical (unpaired) electrons. The maximum absolute atomic E-state index is 14.3. The molecule has 1 heterocycles. The molecule has 6 nitrogen and oxygen atoms in total. The maximum Gasteiger partial charge on any atom is 0.419 e. The van der Waals surface area contributed by atoms with Crippen molar-refractivity contribution in [3.05, 3.63) is 58.8 Å². The molecule has 0 saturated carbocycles. The minimum absolute atomic E-state index is 0.0203. The van der Waals surface area contributed by atoms with Crippen LogP contribution in [-0.4, -0.2) is 32.0 Å². The minimum Gasteiger partial charge on any atom is -0.506 e. The molecule has 172 valence electrons. The molecule has 1 aromatic heterocycles. The Labute approximate surface area is 186 Å². The fraction of sp³-hybridized carbons (Fsp3) is 0.348. The van der Waals surface area contributed by atoms with Crippen molar-refractivity contribution in [2.24, 2.45) is 0 Å². The van der Waals surface area contributed by atoms with E-state index in [4.69, 9.17) is 0 Å². The van der Waals surface area contributed by atoms with Crippen LogP contribution in [0.15, 0.2) is 30.5 Å². The van der Waals surface area contributed by atoms with Crippen LogP contribution in [0.5, 0.6) is 5.75 Å². The van der Waals surface area contributed by atoms with Gasteiger partial charge in [0.05, 0.1) is 11.6 Å². The molecule has 33 heavy (non-hydrogen) atoms. The molecule has 0 aliphatic heterocycles. The lowest BCUT2D eigenvalue weighted by atomic mass is 9.63. The zero-order valence-corrected chi connectivity index (χ0v) is 17.9. The molecule has 0 bridgehead atoms. The van der Waals surface area contributed by atoms with Gasteiger partial charge in [-0.3, -0.25) is 0 Å². The smallest absolute Gasteiger partial charge is 0.419 e. The zero-order chi connectivity index (χ0) is 24.3. The number of alkyl halides is 3. The van der Waals surface area contributed by atoms with E-state index in [1.165, 1.54) is 38.2 Å². The molecule has 10 heteroatoms. The van der Waals surface area contributed by atoms with Crippen molar-refractivity contribution in [3.63, 3.8) is 0 Å². The van der Waals surface area contributed by atoms with Gasteiger partial charge in [-0.2, -0.15) is 18.4 Å². The molecule has 0 spiro atoms. The second-order valence-corrected chi connectivity index (χ2v) is 8.87. The molecule has 4 rings (SSSR count). The quantitative estimate of drug-likeness (QED) is 0.476. The number of aromatic hydroxyl groups is 1. The van der Waals surface area contributed by atoms with Crippen LogP contribution in [0.3, 0.4) is 0 Å². The molecule has 2 atom stereocenters. The minimum atomic E-state index is -5.05. The predicted octanol–water partition coefficient (Wildman–Crippen LogP) is 4.78. The van der Waals surface area contributed by atoms with Crippen LogP contribution in [0.4, 0.5) is 23.2 Å². The number of phenols is 1. The topological polar surface area (TPSA) is 102 Å². The van der Waals surface area contributed by atoms with Crippen molar-refractivity contribution in [3.8, 4) is 11.8 Å². The molecule has 2 aromatic carbocycles. The number of nitrogens with zero attached hydrogens (tertiary/aromatic N) is 3. The molecule has 0 fully saturated rings. The van der Waals surface area contributed by atoms with Crippen LogP contribution in [0.1, 0.15) is 48.8 Å². The van der Waals surface area contributed by atoms with Gasteiger partial charge in [-0.05, 0) is 42.5 Å². The van der Waals surface area contributed by atoms with Crippen LogP contribution in [0.2, 0.25) is 0 Å². The average Bonchev–Trinajstić information content (AvgIpc) is 2.71. The molecule has 3 N–H and O–H groups in total. The molecule has 2 unspecified atom stereocenters. The van der Waals surface area contributed by atoms with Crippen molar-refractivity contribution < 1.29 is 27.8 Å². The Morgan fingerprint density at radius 2 is 1.91 bits per heavy atom. The van der Waals surface area contributed by atoms with Gasteiger partial charge in [0.25, 0.3) is 0 Å². The third kappa shape index (κ3) is 3.43. The lowest BCUT2D eigenvalue weighted by molar-refractivity contribution is -0.275. The number of hydrogen-bond donors (Lipinski definition) is 3. The van der Waals surface area contributed by atoms with Gasteiger partial charge >= 0.3 is 6.18 Å². The Morgan fingerprint density at radius 3 is 2.55 bits per heavy atom. The van der Waals surface area contributed by atoms with Gasteiger partial charge in [-0.15, -0.1) is 0 Å². The van der Waals surface area contributed by atoms with E-state index < -0.39 is 41.2 Å². The third-order valence-corrected chi connectivity index (χ3v) is 6.12. The van der Waals surface area contributed by atoms with Crippen molar-refractivity contribution in [1.29, 1.82) is 5.26 Å². The summed E-state index contributed by atoms with van der Waals surface area (Å²) in [6.07, 6.45) is -4.54. The summed E-state index contributed by atoms with van der Waals surface area (Å²) < 4.78 is 57.2. The van der Waals surface area contributed by atoms with E-state index in [-0.39, 0.29) is 39.1 Å². The Bertz CT molecular complexity index is 1320. The fourth-order valence-corrected chi connectivity index (χ4v) is 4.69. The van der Waals surface area contributed by atoms with Crippen LogP contribution in [0, 0.1) is 24.1 Å². The van der Waals surface area contributed by atoms with Crippen LogP contribution in [0.25, 0.3) is 10.9 Å². The molecule has 0 saturated heterocycles. The van der Waals surface area contributed by atoms with E-state index in [0.717, 1.165) is 6.07 Å². The first-order chi connectivity index (χ1) is 15.3. The third-order valence-electron chi connectivity index (χ3n) is 6.12. The summed E-state index contributed by atoms with van der Waals surface area (Å²) in [5.41, 5.74) is -4.54. The summed E-state index contributed by atoms with van der Waals surface area (Å²) >= 11 is 0. The number of phenolic OH excluding ortho intramolecular Hbond substituents is 1. The highest BCUT2D eigenvalue weighted by Crippen LogP contribution is 2.56. The Hall–Kier alpha value is -3.45. The number of nitriles is 1. The van der Waals surface area contributed by atoms with Gasteiger partial charge in [0.2, 0.25) is 0 Å². The highest BCUT2D eigenvalue weighted by Gasteiger charge is 2.64. The van der Waals surface area contributed by atoms with Crippen molar-refractivity contribution in [2.45, 2.75) is 50.4 Å². The van der Waals surface area contributed by atoms with Gasteiger partial charge in [0.15, 0.2) is 5.60 Å². The fourth-order valence-electron chi connectivity index (χ4n) is 4.69. The summed E-state index contributed by atoms with van der Waals surface area (Å²) in [4.78, 5) is 8.04. The molecular formula is C23H20F4N4O2. The van der Waals surface area contributed by atoms with E-state index in [2.05, 4.69) is 15.3 Å². The largest absolute Gasteiger partial charge is 0.506 e. The van der Waals surface area contributed by atoms with Crippen LogP contribution >= 0.6 is 0 Å². The number of nitrogens with one attached hydrogen (secondary N) is 1. The number of aryl methyl sites for hydroxylation is 1. The Kier molecular flexibility index (Phi) is 5.02. The molecule has 1 aliphatic rings. The van der Waals surface area contributed by atoms with E-state index in [9.17, 15) is 33.0 Å². The van der Waals surface area contributed by atoms with Crippen LogP contribution in [-0.2, 0) is 5.41 Å². The van der Waals surface area contributed by atoms with Gasteiger partial charge in [0, 0.05) is 22.8 Å². The second kappa shape index (κ2) is 7.28. The number of aromatic nitrogens is 2. The van der Waals surface area contributed by atoms with E-state index >= 15 is 0 Å². The first-order valence-corrected chi connectivity index (χ1v) is 10.0. The highest BCUT2D eigenvalue weighted by atomic mass is 19.4. The summed E-state index contributed by atoms with van der Waals surface area (Å²) in [6.45, 7) is 4.48. The van der Waals surface area contributed by atoms with Crippen molar-refractivity contribution in [2.75, 3.05) is 5.32 Å². The number of fused-ring (bicyclic) bond motifs is 2. The summed E-state index contributed by atoms with van der Waals surface area (Å²) in [5.74, 6) is -0.823. The standard InChI is InChI=1S/C23H20F4N4O2/c1-11-29-9-14-16(7-6-15(24)18(14)30-11)31-20-13-5-4-12(8-28)19(32)17(13)21(2,3)10-22(20,33)23(25,26)27/h4-7,9,20,31-33H,10H2,1-3H3. The number of benzene rings is 2. The molecule has 1 aliphatic carbocycles. The first-order valence-electron chi connectivity index (χ1n) is 10.0. The Balaban J connectivity index is 1.98. The van der Waals surface area contributed by atoms with Gasteiger partial charge < -0.3 is 15.5 Å². The lowest BCUT2D eigenvalue weighted by Crippen LogP contribution is -2.58. The van der Waals surface area contributed by atoms with Crippen molar-refractivity contribution >= 4 is 16.6 Å². The summed E-state index contributed by atoms with van der Waals surface area (Å²) in [7, 11) is 0. The maximum atomic E-state index is 14.3. The van der Waals surface area contributed by atoms with Gasteiger partial charge in [-0.25, -0.2) is 14.4 Å². The molecular weight excluding hydrogens is 440 g/mol. The van der Waals surface area contributed by atoms with Gasteiger partial charge in [0.1, 0.15) is 29.0 Å². The number of hydrogen-bond acceptors (Lipinski definition) is 6. The molecule has 3 aromatic rings. The number of halogens is 4. The Morgan fingerprint density at radius 1 is 1.21 bits per heavy atom. The normalized spacial score (nSPS) is 22.0. The second-order valence-electron chi connectivity index (χ2n) is 8.87. The molecule has 0 amide bonds.